The standard InChI is InChI=1S/C35H56/c1-30(2,3)24-21-27(33(10,11)12)29(28(22-24)34(13,14)15)35(16,17)23-18-19-25(31(4,5)6)26(20-23)32(7,8)9/h18-22H,1-17H3. The van der Waals surface area contributed by atoms with E-state index in [-0.39, 0.29) is 32.5 Å². The minimum absolute atomic E-state index is 0.0477. The Morgan fingerprint density at radius 2 is 0.686 bits per heavy atom. The van der Waals surface area contributed by atoms with Gasteiger partial charge in [-0.2, -0.15) is 0 Å². The largest absolute Gasteiger partial charge is 0.0579 e. The number of hydrogen-bond donors (Lipinski definition) is 0. The second kappa shape index (κ2) is 8.78. The van der Waals surface area contributed by atoms with Gasteiger partial charge in [0.05, 0.1) is 0 Å². The summed E-state index contributed by atoms with van der Waals surface area (Å²) >= 11 is 0. The van der Waals surface area contributed by atoms with E-state index in [4.69, 9.17) is 0 Å². The SMILES string of the molecule is CC(C)(C)c1cc(C(C)(C)C)c(C(C)(C)c2ccc(C(C)(C)C)c(C(C)(C)C)c2)c(C(C)(C)C)c1. The summed E-state index contributed by atoms with van der Waals surface area (Å²) in [7, 11) is 0. The van der Waals surface area contributed by atoms with Crippen molar-refractivity contribution < 1.29 is 0 Å². The third kappa shape index (κ3) is 6.23. The van der Waals surface area contributed by atoms with Crippen molar-refractivity contribution >= 4 is 0 Å². The molecule has 0 saturated carbocycles. The molecule has 0 radical (unpaired) electrons. The highest BCUT2D eigenvalue weighted by Crippen LogP contribution is 2.47. The van der Waals surface area contributed by atoms with Crippen molar-refractivity contribution in [2.24, 2.45) is 0 Å². The lowest BCUT2D eigenvalue weighted by molar-refractivity contribution is 0.501. The van der Waals surface area contributed by atoms with E-state index in [1.807, 2.05) is 0 Å². The molecule has 0 atom stereocenters. The molecule has 0 nitrogen and oxygen atoms in total. The first kappa shape index (κ1) is 29.7. The molecule has 35 heavy (non-hydrogen) atoms. The molecule has 0 heteroatoms. The van der Waals surface area contributed by atoms with Gasteiger partial charge in [0.1, 0.15) is 0 Å². The van der Waals surface area contributed by atoms with Gasteiger partial charge in [-0.25, -0.2) is 0 Å². The second-order valence-electron chi connectivity index (χ2n) is 16.6. The Labute approximate surface area is 219 Å². The molecule has 0 amide bonds. The van der Waals surface area contributed by atoms with Gasteiger partial charge >= 0.3 is 0 Å². The zero-order valence-corrected chi connectivity index (χ0v) is 26.4. The van der Waals surface area contributed by atoms with Gasteiger partial charge in [0.25, 0.3) is 0 Å². The molecule has 0 bridgehead atoms. The van der Waals surface area contributed by atoms with Crippen molar-refractivity contribution in [3.05, 3.63) is 69.3 Å². The molecule has 0 aliphatic carbocycles. The summed E-state index contributed by atoms with van der Waals surface area (Å²) in [5, 5.41) is 0. The van der Waals surface area contributed by atoms with Gasteiger partial charge in [0.2, 0.25) is 0 Å². The third-order valence-electron chi connectivity index (χ3n) is 7.60. The Kier molecular flexibility index (Phi) is 7.44. The van der Waals surface area contributed by atoms with Gasteiger partial charge in [-0.3, -0.25) is 0 Å². The fourth-order valence-corrected chi connectivity index (χ4v) is 5.28. The lowest BCUT2D eigenvalue weighted by Crippen LogP contribution is -2.32. The van der Waals surface area contributed by atoms with Crippen LogP contribution in [0.3, 0.4) is 0 Å². The van der Waals surface area contributed by atoms with E-state index in [0.717, 1.165) is 0 Å². The molecule has 0 fully saturated rings. The fraction of sp³-hybridized carbons (Fsp3) is 0.657. The highest BCUT2D eigenvalue weighted by atomic mass is 14.4. The third-order valence-corrected chi connectivity index (χ3v) is 7.60. The van der Waals surface area contributed by atoms with Gasteiger partial charge in [-0.1, -0.05) is 148 Å². The van der Waals surface area contributed by atoms with Crippen LogP contribution in [0.25, 0.3) is 0 Å². The van der Waals surface area contributed by atoms with Crippen LogP contribution >= 0.6 is 0 Å². The maximum atomic E-state index is 2.52. The molecule has 0 spiro atoms. The molecule has 196 valence electrons. The number of benzene rings is 2. The van der Waals surface area contributed by atoms with Crippen LogP contribution in [-0.4, -0.2) is 0 Å². The topological polar surface area (TPSA) is 0 Å². The van der Waals surface area contributed by atoms with E-state index in [1.165, 1.54) is 38.9 Å². The minimum atomic E-state index is -0.127. The Balaban J connectivity index is 3.04. The van der Waals surface area contributed by atoms with Crippen LogP contribution in [0.1, 0.15) is 157 Å². The Morgan fingerprint density at radius 1 is 0.343 bits per heavy atom. The molecule has 0 unspecified atom stereocenters. The zero-order valence-electron chi connectivity index (χ0n) is 26.4. The first-order valence-corrected chi connectivity index (χ1v) is 13.6. The second-order valence-corrected chi connectivity index (χ2v) is 16.6. The summed E-state index contributed by atoms with van der Waals surface area (Å²) in [6.45, 7) is 40.3. The molecule has 2 aromatic carbocycles. The van der Waals surface area contributed by atoms with Crippen LogP contribution in [-0.2, 0) is 32.5 Å². The van der Waals surface area contributed by atoms with Gasteiger partial charge < -0.3 is 0 Å². The number of hydrogen-bond acceptors (Lipinski definition) is 0. The monoisotopic (exact) mass is 476 g/mol. The maximum absolute atomic E-state index is 2.52. The lowest BCUT2D eigenvalue weighted by Gasteiger charge is -2.41. The lowest BCUT2D eigenvalue weighted by atomic mass is 9.63. The van der Waals surface area contributed by atoms with Crippen LogP contribution in [0.5, 0.6) is 0 Å². The summed E-state index contributed by atoms with van der Waals surface area (Å²) < 4.78 is 0. The molecule has 2 aromatic rings. The summed E-state index contributed by atoms with van der Waals surface area (Å²) in [6, 6.07) is 12.4. The fourth-order valence-electron chi connectivity index (χ4n) is 5.28. The van der Waals surface area contributed by atoms with Crippen LogP contribution in [0.4, 0.5) is 0 Å². The van der Waals surface area contributed by atoms with Crippen molar-refractivity contribution in [1.29, 1.82) is 0 Å². The van der Waals surface area contributed by atoms with E-state index < -0.39 is 0 Å². The highest BCUT2D eigenvalue weighted by Gasteiger charge is 2.38. The van der Waals surface area contributed by atoms with Crippen molar-refractivity contribution in [2.45, 2.75) is 150 Å². The van der Waals surface area contributed by atoms with Gasteiger partial charge in [-0.05, 0) is 66.0 Å². The van der Waals surface area contributed by atoms with Gasteiger partial charge in [0, 0.05) is 5.41 Å². The Morgan fingerprint density at radius 3 is 1.00 bits per heavy atom. The van der Waals surface area contributed by atoms with E-state index >= 15 is 0 Å². The van der Waals surface area contributed by atoms with Crippen molar-refractivity contribution in [3.8, 4) is 0 Å². The molecule has 0 aliphatic heterocycles. The smallest absolute Gasteiger partial charge is 0.0152 e. The molecule has 2 rings (SSSR count). The van der Waals surface area contributed by atoms with Crippen molar-refractivity contribution in [1.82, 2.24) is 0 Å². The first-order valence-electron chi connectivity index (χ1n) is 13.6. The summed E-state index contributed by atoms with van der Waals surface area (Å²) in [4.78, 5) is 0. The highest BCUT2D eigenvalue weighted by molar-refractivity contribution is 5.56. The van der Waals surface area contributed by atoms with E-state index in [2.05, 4.69) is 148 Å². The zero-order chi connectivity index (χ0) is 27.6. The summed E-state index contributed by atoms with van der Waals surface area (Å²) in [6.07, 6.45) is 0. The van der Waals surface area contributed by atoms with Crippen molar-refractivity contribution in [2.75, 3.05) is 0 Å². The number of rotatable bonds is 2. The molecule has 0 heterocycles. The molecule has 0 aromatic heterocycles. The Hall–Kier alpha value is -1.56. The summed E-state index contributed by atoms with van der Waals surface area (Å²) in [5.41, 5.74) is 10.5. The Bertz CT molecular complexity index is 1020. The van der Waals surface area contributed by atoms with Gasteiger partial charge in [0.15, 0.2) is 0 Å². The quantitative estimate of drug-likeness (QED) is 0.404. The van der Waals surface area contributed by atoms with Crippen molar-refractivity contribution in [3.63, 3.8) is 0 Å². The predicted molar refractivity (Wildman–Crippen MR) is 159 cm³/mol. The van der Waals surface area contributed by atoms with Crippen LogP contribution < -0.4 is 0 Å². The van der Waals surface area contributed by atoms with Crippen LogP contribution in [0, 0.1) is 0 Å². The molecule has 0 saturated heterocycles. The van der Waals surface area contributed by atoms with E-state index in [0.29, 0.717) is 0 Å². The van der Waals surface area contributed by atoms with E-state index in [9.17, 15) is 0 Å². The van der Waals surface area contributed by atoms with Gasteiger partial charge in [-0.15, -0.1) is 0 Å². The average molecular weight is 477 g/mol. The summed E-state index contributed by atoms with van der Waals surface area (Å²) in [5.74, 6) is 0. The average Bonchev–Trinajstić information content (AvgIpc) is 2.62. The first-order chi connectivity index (χ1) is 15.3. The van der Waals surface area contributed by atoms with Crippen LogP contribution in [0.15, 0.2) is 30.3 Å². The normalized spacial score (nSPS) is 14.4. The van der Waals surface area contributed by atoms with E-state index in [1.54, 1.807) is 0 Å². The predicted octanol–water partition coefficient (Wildman–Crippen LogP) is 10.5. The minimum Gasteiger partial charge on any atom is -0.0579 e. The molecule has 0 aliphatic rings. The van der Waals surface area contributed by atoms with Crippen LogP contribution in [0.2, 0.25) is 0 Å². The molecule has 0 N–H and O–H groups in total. The molecular weight excluding hydrogens is 420 g/mol. The maximum Gasteiger partial charge on any atom is 0.0152 e. The molecular formula is C35H56.